The third-order valence-electron chi connectivity index (χ3n) is 3.24. The number of hydrogen-bond donors (Lipinski definition) is 1. The lowest BCUT2D eigenvalue weighted by Gasteiger charge is -2.31. The van der Waals surface area contributed by atoms with E-state index in [9.17, 15) is 9.59 Å². The molecule has 2 atom stereocenters. The maximum Gasteiger partial charge on any atom is 0.410 e. The molecule has 1 fully saturated rings. The van der Waals surface area contributed by atoms with Crippen molar-refractivity contribution < 1.29 is 14.3 Å². The molecule has 0 aromatic rings. The van der Waals surface area contributed by atoms with E-state index in [0.29, 0.717) is 13.1 Å². The largest absolute Gasteiger partial charge is 0.444 e. The van der Waals surface area contributed by atoms with Gasteiger partial charge in [-0.15, -0.1) is 0 Å². The first kappa shape index (κ1) is 16.8. The molecule has 0 saturated carbocycles. The van der Waals surface area contributed by atoms with Crippen LogP contribution in [0.2, 0.25) is 0 Å². The van der Waals surface area contributed by atoms with Crippen LogP contribution in [0.5, 0.6) is 0 Å². The van der Waals surface area contributed by atoms with Crippen LogP contribution in [-0.4, -0.2) is 59.6 Å². The van der Waals surface area contributed by atoms with Gasteiger partial charge in [-0.1, -0.05) is 0 Å². The lowest BCUT2D eigenvalue weighted by atomic mass is 10.2. The molecule has 0 radical (unpaired) electrons. The Morgan fingerprint density at radius 3 is 2.55 bits per heavy atom. The summed E-state index contributed by atoms with van der Waals surface area (Å²) < 4.78 is 5.31. The third-order valence-corrected chi connectivity index (χ3v) is 3.24. The van der Waals surface area contributed by atoms with Crippen LogP contribution in [0, 0.1) is 0 Å². The molecule has 116 valence electrons. The number of likely N-dealkylation sites (N-methyl/N-ethyl adjacent to an activating group) is 1. The molecular weight excluding hydrogens is 258 g/mol. The molecule has 1 heterocycles. The van der Waals surface area contributed by atoms with Gasteiger partial charge in [-0.25, -0.2) is 4.79 Å². The van der Waals surface area contributed by atoms with Gasteiger partial charge >= 0.3 is 6.09 Å². The van der Waals surface area contributed by atoms with Crippen LogP contribution in [0.15, 0.2) is 0 Å². The molecule has 0 aromatic carbocycles. The Morgan fingerprint density at radius 1 is 1.45 bits per heavy atom. The van der Waals surface area contributed by atoms with Gasteiger partial charge in [0.15, 0.2) is 0 Å². The highest BCUT2D eigenvalue weighted by atomic mass is 16.6. The van der Waals surface area contributed by atoms with Crippen LogP contribution in [-0.2, 0) is 9.53 Å². The van der Waals surface area contributed by atoms with E-state index in [0.717, 1.165) is 12.8 Å². The molecule has 6 heteroatoms. The van der Waals surface area contributed by atoms with Crippen molar-refractivity contribution in [2.75, 3.05) is 20.1 Å². The molecule has 2 N–H and O–H groups in total. The summed E-state index contributed by atoms with van der Waals surface area (Å²) in [5, 5.41) is 0. The number of carbonyl (C=O) groups excluding carboxylic acids is 2. The second-order valence-corrected chi connectivity index (χ2v) is 6.48. The van der Waals surface area contributed by atoms with E-state index in [1.807, 2.05) is 20.8 Å². The predicted molar refractivity (Wildman–Crippen MR) is 77.2 cm³/mol. The van der Waals surface area contributed by atoms with Crippen molar-refractivity contribution in [1.82, 2.24) is 9.80 Å². The molecule has 0 unspecified atom stereocenters. The smallest absolute Gasteiger partial charge is 0.410 e. The van der Waals surface area contributed by atoms with Crippen molar-refractivity contribution in [3.05, 3.63) is 0 Å². The second-order valence-electron chi connectivity index (χ2n) is 6.48. The fourth-order valence-corrected chi connectivity index (χ4v) is 2.31. The number of amides is 2. The van der Waals surface area contributed by atoms with Gasteiger partial charge in [-0.2, -0.15) is 0 Å². The first-order valence-electron chi connectivity index (χ1n) is 7.12. The van der Waals surface area contributed by atoms with Crippen molar-refractivity contribution >= 4 is 12.0 Å². The first-order chi connectivity index (χ1) is 9.11. The number of nitrogens with zero attached hydrogens (tertiary/aromatic N) is 2. The fourth-order valence-electron chi connectivity index (χ4n) is 2.31. The summed E-state index contributed by atoms with van der Waals surface area (Å²) in [7, 11) is 1.70. The lowest BCUT2D eigenvalue weighted by molar-refractivity contribution is -0.133. The number of hydrogen-bond acceptors (Lipinski definition) is 4. The number of rotatable bonds is 3. The summed E-state index contributed by atoms with van der Waals surface area (Å²) in [6.07, 6.45) is 1.48. The molecule has 1 aliphatic rings. The zero-order valence-corrected chi connectivity index (χ0v) is 13.2. The Balaban J connectivity index is 2.58. The van der Waals surface area contributed by atoms with Gasteiger partial charge in [0.25, 0.3) is 0 Å². The maximum atomic E-state index is 12.0. The van der Waals surface area contributed by atoms with Crippen LogP contribution in [0.3, 0.4) is 0 Å². The Kier molecular flexibility index (Phi) is 5.39. The quantitative estimate of drug-likeness (QED) is 0.845. The zero-order valence-electron chi connectivity index (χ0n) is 13.2. The lowest BCUT2D eigenvalue weighted by Crippen LogP contribution is -2.49. The summed E-state index contributed by atoms with van der Waals surface area (Å²) in [6.45, 7) is 8.39. The van der Waals surface area contributed by atoms with Crippen LogP contribution in [0.25, 0.3) is 0 Å². The highest BCUT2D eigenvalue weighted by Gasteiger charge is 2.32. The van der Waals surface area contributed by atoms with Crippen molar-refractivity contribution in [3.63, 3.8) is 0 Å². The van der Waals surface area contributed by atoms with Gasteiger partial charge < -0.3 is 20.3 Å². The molecule has 1 saturated heterocycles. The second kappa shape index (κ2) is 6.43. The van der Waals surface area contributed by atoms with Gasteiger partial charge in [0.1, 0.15) is 5.60 Å². The maximum absolute atomic E-state index is 12.0. The van der Waals surface area contributed by atoms with Gasteiger partial charge in [0.2, 0.25) is 5.91 Å². The topological polar surface area (TPSA) is 75.9 Å². The van der Waals surface area contributed by atoms with Crippen molar-refractivity contribution in [1.29, 1.82) is 0 Å². The number of likely N-dealkylation sites (tertiary alicyclic amines) is 1. The normalized spacial score (nSPS) is 20.7. The van der Waals surface area contributed by atoms with Crippen LogP contribution in [0.4, 0.5) is 4.79 Å². The Labute approximate surface area is 121 Å². The van der Waals surface area contributed by atoms with Crippen molar-refractivity contribution in [2.24, 2.45) is 5.73 Å². The number of nitrogens with two attached hydrogens (primary N) is 1. The molecule has 0 aromatic heterocycles. The molecule has 0 aliphatic carbocycles. The standard InChI is InChI=1S/C14H27N3O3/c1-10(15)12(18)17-8-6-7-11(17)9-16(5)13(19)20-14(2,3)4/h10-11H,6-9,15H2,1-5H3/t10-,11-/m0/s1. The highest BCUT2D eigenvalue weighted by Crippen LogP contribution is 2.19. The van der Waals surface area contributed by atoms with E-state index >= 15 is 0 Å². The summed E-state index contributed by atoms with van der Waals surface area (Å²) in [4.78, 5) is 27.2. The SMILES string of the molecule is C[C@H](N)C(=O)N1CCC[C@H]1CN(C)C(=O)OC(C)(C)C. The summed E-state index contributed by atoms with van der Waals surface area (Å²) in [5.41, 5.74) is 5.14. The van der Waals surface area contributed by atoms with E-state index in [-0.39, 0.29) is 18.0 Å². The molecule has 6 nitrogen and oxygen atoms in total. The summed E-state index contributed by atoms with van der Waals surface area (Å²) >= 11 is 0. The third kappa shape index (κ3) is 4.67. The Morgan fingerprint density at radius 2 is 2.05 bits per heavy atom. The minimum Gasteiger partial charge on any atom is -0.444 e. The van der Waals surface area contributed by atoms with Crippen molar-refractivity contribution in [2.45, 2.75) is 58.2 Å². The highest BCUT2D eigenvalue weighted by molar-refractivity contribution is 5.81. The van der Waals surface area contributed by atoms with E-state index in [1.165, 1.54) is 4.90 Å². The first-order valence-corrected chi connectivity index (χ1v) is 7.12. The number of carbonyl (C=O) groups is 2. The molecule has 20 heavy (non-hydrogen) atoms. The van der Waals surface area contributed by atoms with E-state index in [2.05, 4.69) is 0 Å². The van der Waals surface area contributed by atoms with E-state index in [4.69, 9.17) is 10.5 Å². The van der Waals surface area contributed by atoms with Crippen LogP contribution in [0.1, 0.15) is 40.5 Å². The summed E-state index contributed by atoms with van der Waals surface area (Å²) in [5.74, 6) is -0.0508. The molecule has 0 bridgehead atoms. The molecule has 1 rings (SSSR count). The molecule has 1 aliphatic heterocycles. The predicted octanol–water partition coefficient (Wildman–Crippen LogP) is 1.19. The molecule has 2 amide bonds. The average molecular weight is 285 g/mol. The molecular formula is C14H27N3O3. The minimum absolute atomic E-state index is 0.0334. The Hall–Kier alpha value is -1.30. The minimum atomic E-state index is -0.512. The summed E-state index contributed by atoms with van der Waals surface area (Å²) in [6, 6.07) is -0.464. The number of ether oxygens (including phenoxy) is 1. The average Bonchev–Trinajstić information content (AvgIpc) is 2.73. The monoisotopic (exact) mass is 285 g/mol. The van der Waals surface area contributed by atoms with Gasteiger partial charge in [-0.05, 0) is 40.5 Å². The van der Waals surface area contributed by atoms with Gasteiger partial charge in [0.05, 0.1) is 6.04 Å². The molecule has 0 spiro atoms. The Bertz CT molecular complexity index is 363. The fraction of sp³-hybridized carbons (Fsp3) is 0.857. The van der Waals surface area contributed by atoms with Crippen LogP contribution >= 0.6 is 0 Å². The van der Waals surface area contributed by atoms with Crippen LogP contribution < -0.4 is 5.73 Å². The zero-order chi connectivity index (χ0) is 15.5. The van der Waals surface area contributed by atoms with E-state index in [1.54, 1.807) is 18.9 Å². The van der Waals surface area contributed by atoms with Crippen molar-refractivity contribution in [3.8, 4) is 0 Å². The van der Waals surface area contributed by atoms with Gasteiger partial charge in [-0.3, -0.25) is 4.79 Å². The van der Waals surface area contributed by atoms with Gasteiger partial charge in [0, 0.05) is 26.2 Å². The van der Waals surface area contributed by atoms with E-state index < -0.39 is 11.6 Å².